The first-order chi connectivity index (χ1) is 10.1. The Balaban J connectivity index is 1.86. The molecule has 2 heterocycles. The van der Waals surface area contributed by atoms with Crippen LogP contribution in [-0.2, 0) is 23.0 Å². The molecule has 2 aromatic rings. The third-order valence-corrected chi connectivity index (χ3v) is 5.28. The van der Waals surface area contributed by atoms with Crippen LogP contribution >= 0.6 is 11.3 Å². The number of aromatic nitrogens is 2. The molecule has 0 amide bonds. The first-order valence-corrected chi connectivity index (χ1v) is 9.23. The minimum Gasteiger partial charge on any atom is -0.315 e. The minimum atomic E-state index is -3.47. The van der Waals surface area contributed by atoms with Gasteiger partial charge >= 0.3 is 0 Å². The highest BCUT2D eigenvalue weighted by Crippen LogP contribution is 2.10. The number of hydrogen-bond acceptors (Lipinski definition) is 5. The molecule has 0 atom stereocenters. The van der Waals surface area contributed by atoms with Gasteiger partial charge in [0.25, 0.3) is 0 Å². The fourth-order valence-corrected chi connectivity index (χ4v) is 3.52. The maximum absolute atomic E-state index is 12.1. The summed E-state index contributed by atoms with van der Waals surface area (Å²) in [6.45, 7) is 4.72. The summed E-state index contributed by atoms with van der Waals surface area (Å²) in [6, 6.07) is 3.96. The van der Waals surface area contributed by atoms with Gasteiger partial charge in [-0.2, -0.15) is 5.10 Å². The van der Waals surface area contributed by atoms with Gasteiger partial charge in [-0.05, 0) is 24.4 Å². The minimum absolute atomic E-state index is 0.213. The Kier molecular flexibility index (Phi) is 5.92. The Morgan fingerprint density at radius 2 is 2.24 bits per heavy atom. The van der Waals surface area contributed by atoms with Crippen molar-refractivity contribution in [1.82, 2.24) is 19.8 Å². The number of rotatable bonds is 9. The molecule has 2 N–H and O–H groups in total. The summed E-state index contributed by atoms with van der Waals surface area (Å²) in [5.74, 6) is 0. The van der Waals surface area contributed by atoms with Crippen molar-refractivity contribution >= 4 is 21.4 Å². The molecule has 0 aliphatic rings. The van der Waals surface area contributed by atoms with Gasteiger partial charge in [0.05, 0.1) is 12.7 Å². The van der Waals surface area contributed by atoms with Gasteiger partial charge in [0.15, 0.2) is 0 Å². The van der Waals surface area contributed by atoms with E-state index in [9.17, 15) is 8.42 Å². The zero-order valence-electron chi connectivity index (χ0n) is 11.9. The predicted octanol–water partition coefficient (Wildman–Crippen LogP) is 1.08. The molecule has 0 aromatic carbocycles. The molecule has 0 spiro atoms. The van der Waals surface area contributed by atoms with Crippen LogP contribution < -0.4 is 10.0 Å². The lowest BCUT2D eigenvalue weighted by Gasteiger charge is -2.04. The molecule has 0 aliphatic heterocycles. The Morgan fingerprint density at radius 3 is 2.95 bits per heavy atom. The quantitative estimate of drug-likeness (QED) is 0.675. The number of likely N-dealkylation sites (N-methyl/N-ethyl adjacent to an activating group) is 1. The van der Waals surface area contributed by atoms with E-state index in [4.69, 9.17) is 0 Å². The average Bonchev–Trinajstić information content (AvgIpc) is 3.10. The van der Waals surface area contributed by atoms with Crippen LogP contribution in [0.25, 0.3) is 0 Å². The van der Waals surface area contributed by atoms with E-state index in [2.05, 4.69) is 15.1 Å². The normalized spacial score (nSPS) is 11.9. The maximum Gasteiger partial charge on any atom is 0.243 e. The molecule has 0 aliphatic carbocycles. The lowest BCUT2D eigenvalue weighted by Crippen LogP contribution is -2.25. The smallest absolute Gasteiger partial charge is 0.243 e. The second kappa shape index (κ2) is 7.69. The van der Waals surface area contributed by atoms with Crippen LogP contribution in [0, 0.1) is 0 Å². The van der Waals surface area contributed by atoms with Gasteiger partial charge in [0, 0.05) is 24.2 Å². The van der Waals surface area contributed by atoms with Gasteiger partial charge in [-0.1, -0.05) is 13.0 Å². The third-order valence-electron chi connectivity index (χ3n) is 2.93. The van der Waals surface area contributed by atoms with Gasteiger partial charge in [-0.25, -0.2) is 13.1 Å². The van der Waals surface area contributed by atoms with E-state index in [0.29, 0.717) is 19.5 Å². The predicted molar refractivity (Wildman–Crippen MR) is 84.0 cm³/mol. The summed E-state index contributed by atoms with van der Waals surface area (Å²) < 4.78 is 28.5. The fraction of sp³-hybridized carbons (Fsp3) is 0.462. The number of nitrogens with one attached hydrogen (secondary N) is 2. The molecule has 2 rings (SSSR count). The zero-order valence-corrected chi connectivity index (χ0v) is 13.6. The van der Waals surface area contributed by atoms with Gasteiger partial charge < -0.3 is 5.32 Å². The van der Waals surface area contributed by atoms with Crippen molar-refractivity contribution < 1.29 is 8.42 Å². The average molecular weight is 328 g/mol. The molecule has 0 unspecified atom stereocenters. The van der Waals surface area contributed by atoms with Crippen LogP contribution in [0.3, 0.4) is 0 Å². The van der Waals surface area contributed by atoms with Crippen molar-refractivity contribution in [2.75, 3.05) is 19.6 Å². The molecule has 8 heteroatoms. The van der Waals surface area contributed by atoms with Crippen LogP contribution in [0.2, 0.25) is 0 Å². The van der Waals surface area contributed by atoms with E-state index in [1.807, 2.05) is 24.4 Å². The molecule has 0 saturated carbocycles. The lowest BCUT2D eigenvalue weighted by atomic mass is 10.3. The summed E-state index contributed by atoms with van der Waals surface area (Å²) in [6.07, 6.45) is 3.65. The summed E-state index contributed by atoms with van der Waals surface area (Å²) in [5, 5.41) is 9.23. The first kappa shape index (κ1) is 16.2. The molecule has 0 saturated heterocycles. The third kappa shape index (κ3) is 4.92. The van der Waals surface area contributed by atoms with Crippen LogP contribution in [0.4, 0.5) is 0 Å². The summed E-state index contributed by atoms with van der Waals surface area (Å²) >= 11 is 1.63. The SMILES string of the molecule is CCNCCn1cc(S(=O)(=O)NCCc2cccs2)cn1. The number of nitrogens with zero attached hydrogens (tertiary/aromatic N) is 2. The monoisotopic (exact) mass is 328 g/mol. The molecular formula is C13H20N4O2S2. The lowest BCUT2D eigenvalue weighted by molar-refractivity contribution is 0.563. The molecule has 0 bridgehead atoms. The van der Waals surface area contributed by atoms with Crippen molar-refractivity contribution in [2.45, 2.75) is 24.8 Å². The van der Waals surface area contributed by atoms with Gasteiger partial charge in [0.2, 0.25) is 10.0 Å². The van der Waals surface area contributed by atoms with E-state index in [0.717, 1.165) is 13.1 Å². The Morgan fingerprint density at radius 1 is 1.38 bits per heavy atom. The van der Waals surface area contributed by atoms with E-state index >= 15 is 0 Å². The molecule has 2 aromatic heterocycles. The fourth-order valence-electron chi connectivity index (χ4n) is 1.82. The molecule has 0 fully saturated rings. The second-order valence-corrected chi connectivity index (χ2v) is 7.32. The maximum atomic E-state index is 12.1. The Bertz CT molecular complexity index is 635. The summed E-state index contributed by atoms with van der Waals surface area (Å²) in [7, 11) is -3.47. The molecule has 116 valence electrons. The van der Waals surface area contributed by atoms with Crippen molar-refractivity contribution in [2.24, 2.45) is 0 Å². The zero-order chi connectivity index (χ0) is 15.1. The number of sulfonamides is 1. The van der Waals surface area contributed by atoms with Crippen molar-refractivity contribution in [3.8, 4) is 0 Å². The van der Waals surface area contributed by atoms with E-state index < -0.39 is 10.0 Å². The highest BCUT2D eigenvalue weighted by molar-refractivity contribution is 7.89. The van der Waals surface area contributed by atoms with Crippen LogP contribution in [0.1, 0.15) is 11.8 Å². The Labute approximate surface area is 129 Å². The largest absolute Gasteiger partial charge is 0.315 e. The van der Waals surface area contributed by atoms with Gasteiger partial charge in [-0.15, -0.1) is 11.3 Å². The van der Waals surface area contributed by atoms with Gasteiger partial charge in [-0.3, -0.25) is 4.68 Å². The van der Waals surface area contributed by atoms with Crippen LogP contribution in [0.5, 0.6) is 0 Å². The van der Waals surface area contributed by atoms with E-state index in [-0.39, 0.29) is 4.90 Å². The van der Waals surface area contributed by atoms with Crippen molar-refractivity contribution in [3.63, 3.8) is 0 Å². The van der Waals surface area contributed by atoms with Crippen LogP contribution in [0.15, 0.2) is 34.8 Å². The first-order valence-electron chi connectivity index (χ1n) is 6.87. The summed E-state index contributed by atoms with van der Waals surface area (Å²) in [4.78, 5) is 1.38. The topological polar surface area (TPSA) is 76.0 Å². The Hall–Kier alpha value is -1.22. The molecular weight excluding hydrogens is 308 g/mol. The standard InChI is InChI=1S/C13H20N4O2S2/c1-2-14-7-8-17-11-13(10-15-17)21(18,19)16-6-5-12-4-3-9-20-12/h3-4,9-11,14,16H,2,5-8H2,1H3. The second-order valence-electron chi connectivity index (χ2n) is 4.52. The van der Waals surface area contributed by atoms with Crippen molar-refractivity contribution in [3.05, 3.63) is 34.8 Å². The number of hydrogen-bond donors (Lipinski definition) is 2. The van der Waals surface area contributed by atoms with E-state index in [1.165, 1.54) is 11.1 Å². The van der Waals surface area contributed by atoms with E-state index in [1.54, 1.807) is 22.2 Å². The highest BCUT2D eigenvalue weighted by atomic mass is 32.2. The molecule has 6 nitrogen and oxygen atoms in total. The summed E-state index contributed by atoms with van der Waals surface area (Å²) in [5.41, 5.74) is 0. The van der Waals surface area contributed by atoms with Crippen LogP contribution in [-0.4, -0.2) is 37.8 Å². The molecule has 0 radical (unpaired) electrons. The van der Waals surface area contributed by atoms with Crippen molar-refractivity contribution in [1.29, 1.82) is 0 Å². The highest BCUT2D eigenvalue weighted by Gasteiger charge is 2.15. The number of thiophene rings is 1. The molecule has 21 heavy (non-hydrogen) atoms. The van der Waals surface area contributed by atoms with Gasteiger partial charge in [0.1, 0.15) is 4.90 Å².